The summed E-state index contributed by atoms with van der Waals surface area (Å²) in [7, 11) is 0. The van der Waals surface area contributed by atoms with Gasteiger partial charge >= 0.3 is 11.9 Å². The molecular weight excluding hydrogens is 426 g/mol. The number of fused-ring (bicyclic) bond motifs is 1. The van der Waals surface area contributed by atoms with Crippen LogP contribution in [0.25, 0.3) is 0 Å². The number of carbonyl (C=O) groups is 5. The SMILES string of the molecule is NC(CCC(=O)NC(CS)C(=O)NCC(=O)O)C(=O)O.O=C1C=CCc2ccccc21. The highest BCUT2D eigenvalue weighted by Gasteiger charge is 2.21. The molecule has 1 aliphatic rings. The molecule has 1 aromatic rings. The van der Waals surface area contributed by atoms with E-state index in [0.717, 1.165) is 17.5 Å². The third-order valence-electron chi connectivity index (χ3n) is 4.14. The van der Waals surface area contributed by atoms with Gasteiger partial charge in [0.05, 0.1) is 0 Å². The molecule has 0 fully saturated rings. The molecule has 2 rings (SSSR count). The normalized spacial score (nSPS) is 13.7. The van der Waals surface area contributed by atoms with Gasteiger partial charge in [0.1, 0.15) is 18.6 Å². The van der Waals surface area contributed by atoms with E-state index in [2.05, 4.69) is 23.3 Å². The van der Waals surface area contributed by atoms with Gasteiger partial charge in [-0.2, -0.15) is 12.6 Å². The van der Waals surface area contributed by atoms with Crippen molar-refractivity contribution in [1.29, 1.82) is 0 Å². The van der Waals surface area contributed by atoms with Crippen molar-refractivity contribution in [3.05, 3.63) is 47.5 Å². The van der Waals surface area contributed by atoms with Crippen molar-refractivity contribution in [2.45, 2.75) is 31.3 Å². The number of ketones is 1. The van der Waals surface area contributed by atoms with Gasteiger partial charge in [-0.15, -0.1) is 0 Å². The second-order valence-electron chi connectivity index (χ2n) is 6.53. The van der Waals surface area contributed by atoms with Crippen LogP contribution in [0.4, 0.5) is 0 Å². The van der Waals surface area contributed by atoms with Crippen LogP contribution in [0.5, 0.6) is 0 Å². The van der Waals surface area contributed by atoms with Crippen molar-refractivity contribution in [3.8, 4) is 0 Å². The van der Waals surface area contributed by atoms with Crippen LogP contribution in [0, 0.1) is 0 Å². The number of nitrogens with two attached hydrogens (primary N) is 1. The van der Waals surface area contributed by atoms with E-state index in [4.69, 9.17) is 15.9 Å². The number of carboxylic acids is 2. The molecule has 1 aromatic carbocycles. The average Bonchev–Trinajstić information content (AvgIpc) is 2.74. The van der Waals surface area contributed by atoms with Crippen LogP contribution in [0.1, 0.15) is 28.8 Å². The number of hydrogen-bond acceptors (Lipinski definition) is 7. The molecule has 10 nitrogen and oxygen atoms in total. The van der Waals surface area contributed by atoms with E-state index in [1.165, 1.54) is 0 Å². The summed E-state index contributed by atoms with van der Waals surface area (Å²) in [5.74, 6) is -3.57. The highest BCUT2D eigenvalue weighted by molar-refractivity contribution is 7.80. The van der Waals surface area contributed by atoms with E-state index < -0.39 is 42.4 Å². The lowest BCUT2D eigenvalue weighted by Crippen LogP contribution is -2.49. The summed E-state index contributed by atoms with van der Waals surface area (Å²) >= 11 is 3.87. The number of nitrogens with one attached hydrogen (secondary N) is 2. The van der Waals surface area contributed by atoms with Gasteiger partial charge in [0.25, 0.3) is 0 Å². The molecule has 2 amide bonds. The fourth-order valence-corrected chi connectivity index (χ4v) is 2.74. The Balaban J connectivity index is 0.000000361. The summed E-state index contributed by atoms with van der Waals surface area (Å²) in [5.41, 5.74) is 7.23. The average molecular weight is 452 g/mol. The summed E-state index contributed by atoms with van der Waals surface area (Å²) in [6.45, 7) is -0.567. The van der Waals surface area contributed by atoms with E-state index in [9.17, 15) is 24.0 Å². The highest BCUT2D eigenvalue weighted by atomic mass is 32.1. The van der Waals surface area contributed by atoms with Crippen LogP contribution in [0.2, 0.25) is 0 Å². The number of carbonyl (C=O) groups excluding carboxylic acids is 3. The molecule has 2 atom stereocenters. The fraction of sp³-hybridized carbons (Fsp3) is 0.350. The first-order chi connectivity index (χ1) is 14.6. The molecule has 0 aromatic heterocycles. The van der Waals surface area contributed by atoms with Gasteiger partial charge in [-0.05, 0) is 24.5 Å². The molecule has 0 saturated carbocycles. The second kappa shape index (κ2) is 13.2. The first-order valence-corrected chi connectivity index (χ1v) is 9.95. The van der Waals surface area contributed by atoms with Crippen molar-refractivity contribution in [1.82, 2.24) is 10.6 Å². The lowest BCUT2D eigenvalue weighted by molar-refractivity contribution is -0.139. The number of hydrogen-bond donors (Lipinski definition) is 6. The molecule has 2 unspecified atom stereocenters. The molecular formula is C20H25N3O7S. The third-order valence-corrected chi connectivity index (χ3v) is 4.50. The predicted octanol–water partition coefficient (Wildman–Crippen LogP) is -0.224. The van der Waals surface area contributed by atoms with Crippen molar-refractivity contribution in [2.24, 2.45) is 5.73 Å². The molecule has 0 aliphatic heterocycles. The monoisotopic (exact) mass is 451 g/mol. The fourth-order valence-electron chi connectivity index (χ4n) is 2.48. The molecule has 0 spiro atoms. The van der Waals surface area contributed by atoms with E-state index >= 15 is 0 Å². The van der Waals surface area contributed by atoms with Gasteiger partial charge in [0.15, 0.2) is 5.78 Å². The minimum atomic E-state index is -1.22. The maximum Gasteiger partial charge on any atom is 0.322 e. The Kier molecular flexibility index (Phi) is 11.0. The number of allylic oxidation sites excluding steroid dienone is 2. The van der Waals surface area contributed by atoms with Crippen molar-refractivity contribution in [2.75, 3.05) is 12.3 Å². The van der Waals surface area contributed by atoms with Gasteiger partial charge in [-0.3, -0.25) is 24.0 Å². The molecule has 0 radical (unpaired) electrons. The first kappa shape index (κ1) is 25.9. The van der Waals surface area contributed by atoms with Crippen LogP contribution < -0.4 is 16.4 Å². The molecule has 0 saturated heterocycles. The highest BCUT2D eigenvalue weighted by Crippen LogP contribution is 2.15. The van der Waals surface area contributed by atoms with Gasteiger partial charge in [-0.1, -0.05) is 30.3 Å². The smallest absolute Gasteiger partial charge is 0.322 e. The summed E-state index contributed by atoms with van der Waals surface area (Å²) < 4.78 is 0. The maximum absolute atomic E-state index is 11.5. The topological polar surface area (TPSA) is 176 Å². The minimum Gasteiger partial charge on any atom is -0.480 e. The zero-order chi connectivity index (χ0) is 23.4. The van der Waals surface area contributed by atoms with Crippen molar-refractivity contribution >= 4 is 42.2 Å². The van der Waals surface area contributed by atoms with Crippen LogP contribution >= 0.6 is 12.6 Å². The van der Waals surface area contributed by atoms with E-state index in [1.54, 1.807) is 6.08 Å². The Morgan fingerprint density at radius 1 is 1.16 bits per heavy atom. The molecule has 6 N–H and O–H groups in total. The Morgan fingerprint density at radius 3 is 2.42 bits per heavy atom. The van der Waals surface area contributed by atoms with Crippen LogP contribution in [0.3, 0.4) is 0 Å². The minimum absolute atomic E-state index is 0.0256. The first-order valence-electron chi connectivity index (χ1n) is 9.32. The van der Waals surface area contributed by atoms with Gasteiger partial charge in [-0.25, -0.2) is 0 Å². The van der Waals surface area contributed by atoms with E-state index in [1.807, 2.05) is 30.3 Å². The number of aliphatic carboxylic acids is 2. The molecule has 11 heteroatoms. The van der Waals surface area contributed by atoms with Gasteiger partial charge < -0.3 is 26.6 Å². The standard InChI is InChI=1S/C10H17N3O6S.C10H8O/c11-5(10(18)19)1-2-7(14)13-6(4-20)9(17)12-3-8(15)16;11-10-7-3-5-8-4-1-2-6-9(8)10/h5-6,20H,1-4,11H2,(H,12,17)(H,13,14)(H,15,16)(H,18,19);1-4,6-7H,5H2. The van der Waals surface area contributed by atoms with Crippen LogP contribution in [-0.4, -0.2) is 64.1 Å². The number of carboxylic acid groups (broad SMARTS) is 2. The summed E-state index contributed by atoms with van der Waals surface area (Å²) in [6, 6.07) is 5.58. The molecule has 0 bridgehead atoms. The lowest BCUT2D eigenvalue weighted by Gasteiger charge is -2.16. The zero-order valence-corrected chi connectivity index (χ0v) is 17.5. The van der Waals surface area contributed by atoms with Crippen LogP contribution in [-0.2, 0) is 25.6 Å². The quantitative estimate of drug-likeness (QED) is 0.279. The summed E-state index contributed by atoms with van der Waals surface area (Å²) in [5, 5.41) is 21.4. The number of amides is 2. The van der Waals surface area contributed by atoms with Crippen molar-refractivity contribution in [3.63, 3.8) is 0 Å². The van der Waals surface area contributed by atoms with Gasteiger partial charge in [0, 0.05) is 17.7 Å². The molecule has 168 valence electrons. The second-order valence-corrected chi connectivity index (χ2v) is 6.89. The molecule has 1 aliphatic carbocycles. The number of benzene rings is 1. The Hall–Kier alpha value is -3.18. The third kappa shape index (κ3) is 9.45. The zero-order valence-electron chi connectivity index (χ0n) is 16.6. The molecule has 31 heavy (non-hydrogen) atoms. The molecule has 0 heterocycles. The Bertz CT molecular complexity index is 857. The largest absolute Gasteiger partial charge is 0.480 e. The van der Waals surface area contributed by atoms with E-state index in [0.29, 0.717) is 0 Å². The van der Waals surface area contributed by atoms with Crippen molar-refractivity contribution < 1.29 is 34.2 Å². The predicted molar refractivity (Wildman–Crippen MR) is 115 cm³/mol. The summed E-state index contributed by atoms with van der Waals surface area (Å²) in [4.78, 5) is 54.9. The van der Waals surface area contributed by atoms with Crippen LogP contribution in [0.15, 0.2) is 36.4 Å². The summed E-state index contributed by atoms with van der Waals surface area (Å²) in [6.07, 6.45) is 4.20. The number of thiol groups is 1. The Morgan fingerprint density at radius 2 is 1.84 bits per heavy atom. The number of rotatable bonds is 9. The lowest BCUT2D eigenvalue weighted by atomic mass is 9.96. The van der Waals surface area contributed by atoms with E-state index in [-0.39, 0.29) is 24.4 Å². The maximum atomic E-state index is 11.5. The Labute approximate surface area is 184 Å². The van der Waals surface area contributed by atoms with Gasteiger partial charge in [0.2, 0.25) is 11.8 Å².